The molecule has 0 spiro atoms. The largest absolute Gasteiger partial charge is 0.0985 e. The molecule has 0 saturated heterocycles. The van der Waals surface area contributed by atoms with Gasteiger partial charge in [0, 0.05) is 6.42 Å². The van der Waals surface area contributed by atoms with Gasteiger partial charge in [-0.05, 0) is 25.3 Å². The minimum absolute atomic E-state index is 1.05. The minimum atomic E-state index is 1.05. The lowest BCUT2D eigenvalue weighted by Crippen LogP contribution is -1.73. The molecule has 80 valence electrons. The molecule has 0 bridgehead atoms. The van der Waals surface area contributed by atoms with Gasteiger partial charge in [0.05, 0.1) is 0 Å². The third kappa shape index (κ3) is 11.3. The lowest BCUT2D eigenvalue weighted by atomic mass is 10.1. The van der Waals surface area contributed by atoms with Gasteiger partial charge in [-0.15, -0.1) is 0 Å². The summed E-state index contributed by atoms with van der Waals surface area (Å²) in [7, 11) is 0. The summed E-state index contributed by atoms with van der Waals surface area (Å²) >= 11 is 0. The molecule has 0 atom stereocenters. The second kappa shape index (κ2) is 12.3. The smallest absolute Gasteiger partial charge is 0.00921 e. The van der Waals surface area contributed by atoms with E-state index in [2.05, 4.69) is 31.8 Å². The van der Waals surface area contributed by atoms with Crippen LogP contribution in [0.1, 0.15) is 65.2 Å². The van der Waals surface area contributed by atoms with E-state index in [1.165, 1.54) is 44.9 Å². The molecule has 0 fully saturated rings. The van der Waals surface area contributed by atoms with E-state index in [1.807, 2.05) is 6.08 Å². The second-order valence-electron chi connectivity index (χ2n) is 3.68. The van der Waals surface area contributed by atoms with Gasteiger partial charge in [0.15, 0.2) is 0 Å². The van der Waals surface area contributed by atoms with E-state index >= 15 is 0 Å². The first-order valence-corrected chi connectivity index (χ1v) is 6.05. The average molecular weight is 192 g/mol. The normalized spacial score (nSPS) is 10.1. The van der Waals surface area contributed by atoms with E-state index in [4.69, 9.17) is 0 Å². The number of allylic oxidation sites excluding steroid dienone is 2. The first kappa shape index (κ1) is 13.3. The fourth-order valence-electron chi connectivity index (χ4n) is 1.23. The van der Waals surface area contributed by atoms with Crippen LogP contribution in [0.15, 0.2) is 12.2 Å². The average Bonchev–Trinajstić information content (AvgIpc) is 2.21. The summed E-state index contributed by atoms with van der Waals surface area (Å²) in [6.07, 6.45) is 14.3. The molecule has 0 aromatic heterocycles. The minimum Gasteiger partial charge on any atom is -0.0985 e. The van der Waals surface area contributed by atoms with Crippen molar-refractivity contribution in [2.45, 2.75) is 65.2 Å². The predicted molar refractivity (Wildman–Crippen MR) is 65.2 cm³/mol. The third-order valence-electron chi connectivity index (χ3n) is 2.18. The molecule has 0 rings (SSSR count). The van der Waals surface area contributed by atoms with Crippen LogP contribution < -0.4 is 0 Å². The fraction of sp³-hybridized carbons (Fsp3) is 0.714. The number of rotatable bonds is 7. The predicted octanol–water partition coefficient (Wildman–Crippen LogP) is 4.71. The molecule has 0 aliphatic carbocycles. The van der Waals surface area contributed by atoms with Gasteiger partial charge in [0.2, 0.25) is 0 Å². The van der Waals surface area contributed by atoms with E-state index in [-0.39, 0.29) is 0 Å². The molecule has 0 unspecified atom stereocenters. The monoisotopic (exact) mass is 192 g/mol. The van der Waals surface area contributed by atoms with Crippen molar-refractivity contribution in [3.8, 4) is 11.8 Å². The SMILES string of the molecule is CCCCC#C/C=C/CCCCCC. The summed E-state index contributed by atoms with van der Waals surface area (Å²) in [6, 6.07) is 0. The number of unbranched alkanes of at least 4 members (excludes halogenated alkanes) is 6. The molecule has 0 radical (unpaired) electrons. The lowest BCUT2D eigenvalue weighted by Gasteiger charge is -1.92. The molecule has 0 aliphatic heterocycles. The Bertz CT molecular complexity index is 178. The Balaban J connectivity index is 3.20. The van der Waals surface area contributed by atoms with E-state index in [0.29, 0.717) is 0 Å². The van der Waals surface area contributed by atoms with Crippen molar-refractivity contribution in [2.24, 2.45) is 0 Å². The number of hydrogen-bond donors (Lipinski definition) is 0. The third-order valence-corrected chi connectivity index (χ3v) is 2.18. The van der Waals surface area contributed by atoms with Crippen LogP contribution in [0.3, 0.4) is 0 Å². The Kier molecular flexibility index (Phi) is 11.7. The van der Waals surface area contributed by atoms with Crippen LogP contribution in [0.4, 0.5) is 0 Å². The van der Waals surface area contributed by atoms with Crippen LogP contribution in [-0.2, 0) is 0 Å². The van der Waals surface area contributed by atoms with Gasteiger partial charge >= 0.3 is 0 Å². The van der Waals surface area contributed by atoms with Gasteiger partial charge in [0.1, 0.15) is 0 Å². The summed E-state index contributed by atoms with van der Waals surface area (Å²) in [6.45, 7) is 4.44. The summed E-state index contributed by atoms with van der Waals surface area (Å²) in [4.78, 5) is 0. The van der Waals surface area contributed by atoms with Crippen LogP contribution in [0.2, 0.25) is 0 Å². The van der Waals surface area contributed by atoms with E-state index in [9.17, 15) is 0 Å². The van der Waals surface area contributed by atoms with E-state index in [0.717, 1.165) is 6.42 Å². The van der Waals surface area contributed by atoms with Gasteiger partial charge in [-0.2, -0.15) is 0 Å². The van der Waals surface area contributed by atoms with E-state index < -0.39 is 0 Å². The zero-order valence-corrected chi connectivity index (χ0v) is 9.81. The van der Waals surface area contributed by atoms with Crippen LogP contribution in [-0.4, -0.2) is 0 Å². The molecule has 0 N–H and O–H groups in total. The van der Waals surface area contributed by atoms with E-state index in [1.54, 1.807) is 0 Å². The van der Waals surface area contributed by atoms with Gasteiger partial charge < -0.3 is 0 Å². The van der Waals surface area contributed by atoms with Crippen molar-refractivity contribution in [1.82, 2.24) is 0 Å². The molecular formula is C14H24. The Morgan fingerprint density at radius 1 is 0.929 bits per heavy atom. The van der Waals surface area contributed by atoms with Crippen molar-refractivity contribution >= 4 is 0 Å². The highest BCUT2D eigenvalue weighted by molar-refractivity contribution is 5.14. The highest BCUT2D eigenvalue weighted by Crippen LogP contribution is 2.02. The standard InChI is InChI=1S/C14H24/c1-3-5-7-9-11-13-14-12-10-8-6-4-2/h13-14H,3-9,11H2,1-2H3/b14-13+. The van der Waals surface area contributed by atoms with Crippen molar-refractivity contribution in [2.75, 3.05) is 0 Å². The molecule has 0 aromatic rings. The molecule has 14 heavy (non-hydrogen) atoms. The molecule has 0 heterocycles. The van der Waals surface area contributed by atoms with Crippen LogP contribution in [0.25, 0.3) is 0 Å². The zero-order valence-electron chi connectivity index (χ0n) is 9.81. The molecule has 0 amide bonds. The molecule has 0 heteroatoms. The molecule has 0 aromatic carbocycles. The Morgan fingerprint density at radius 2 is 1.71 bits per heavy atom. The lowest BCUT2D eigenvalue weighted by molar-refractivity contribution is 0.674. The highest BCUT2D eigenvalue weighted by Gasteiger charge is 1.83. The van der Waals surface area contributed by atoms with Crippen molar-refractivity contribution in [3.63, 3.8) is 0 Å². The quantitative estimate of drug-likeness (QED) is 0.405. The maximum atomic E-state index is 3.15. The van der Waals surface area contributed by atoms with Crippen LogP contribution in [0.5, 0.6) is 0 Å². The van der Waals surface area contributed by atoms with Crippen molar-refractivity contribution in [3.05, 3.63) is 12.2 Å². The van der Waals surface area contributed by atoms with Crippen LogP contribution in [0, 0.1) is 11.8 Å². The maximum absolute atomic E-state index is 3.15. The summed E-state index contributed by atoms with van der Waals surface area (Å²) in [5.41, 5.74) is 0. The zero-order chi connectivity index (χ0) is 10.5. The first-order valence-electron chi connectivity index (χ1n) is 6.05. The maximum Gasteiger partial charge on any atom is 0.00921 e. The fourth-order valence-corrected chi connectivity index (χ4v) is 1.23. The molecular weight excluding hydrogens is 168 g/mol. The Labute approximate surface area is 89.8 Å². The van der Waals surface area contributed by atoms with Crippen LogP contribution >= 0.6 is 0 Å². The van der Waals surface area contributed by atoms with Gasteiger partial charge in [-0.25, -0.2) is 0 Å². The first-order chi connectivity index (χ1) is 6.91. The summed E-state index contributed by atoms with van der Waals surface area (Å²) < 4.78 is 0. The second-order valence-corrected chi connectivity index (χ2v) is 3.68. The summed E-state index contributed by atoms with van der Waals surface area (Å²) in [5, 5.41) is 0. The topological polar surface area (TPSA) is 0 Å². The van der Waals surface area contributed by atoms with Gasteiger partial charge in [0.25, 0.3) is 0 Å². The number of hydrogen-bond acceptors (Lipinski definition) is 0. The van der Waals surface area contributed by atoms with Crippen molar-refractivity contribution in [1.29, 1.82) is 0 Å². The molecule has 0 aliphatic rings. The van der Waals surface area contributed by atoms with Gasteiger partial charge in [-0.1, -0.05) is 57.4 Å². The van der Waals surface area contributed by atoms with Gasteiger partial charge in [-0.3, -0.25) is 0 Å². The highest BCUT2D eigenvalue weighted by atomic mass is 13.9. The van der Waals surface area contributed by atoms with Crippen molar-refractivity contribution < 1.29 is 0 Å². The molecule has 0 saturated carbocycles. The Hall–Kier alpha value is -0.700. The Morgan fingerprint density at radius 3 is 2.43 bits per heavy atom. The summed E-state index contributed by atoms with van der Waals surface area (Å²) in [5.74, 6) is 6.23. The molecule has 0 nitrogen and oxygen atoms in total.